The molecule has 2 heterocycles. The average molecular weight is 353 g/mol. The van der Waals surface area contributed by atoms with Crippen LogP contribution in [0.5, 0.6) is 23.0 Å². The van der Waals surface area contributed by atoms with E-state index in [0.717, 1.165) is 17.7 Å². The molecule has 0 saturated heterocycles. The predicted octanol–water partition coefficient (Wildman–Crippen LogP) is 3.27. The Labute approximate surface area is 151 Å². The van der Waals surface area contributed by atoms with Gasteiger partial charge in [-0.1, -0.05) is 6.07 Å². The zero-order valence-electron chi connectivity index (χ0n) is 14.2. The van der Waals surface area contributed by atoms with Crippen LogP contribution >= 0.6 is 0 Å². The van der Waals surface area contributed by atoms with Crippen LogP contribution in [-0.2, 0) is 4.79 Å². The van der Waals surface area contributed by atoms with Crippen LogP contribution in [0.25, 0.3) is 6.08 Å². The highest BCUT2D eigenvalue weighted by Gasteiger charge is 2.12. The van der Waals surface area contributed by atoms with Gasteiger partial charge in [-0.25, -0.2) is 0 Å². The zero-order chi connectivity index (χ0) is 17.8. The van der Waals surface area contributed by atoms with E-state index in [1.807, 2.05) is 18.2 Å². The van der Waals surface area contributed by atoms with Crippen LogP contribution in [0.15, 0.2) is 42.5 Å². The summed E-state index contributed by atoms with van der Waals surface area (Å²) in [5, 5.41) is 2.83. The largest absolute Gasteiger partial charge is 0.490 e. The van der Waals surface area contributed by atoms with Gasteiger partial charge in [-0.05, 0) is 35.9 Å². The van der Waals surface area contributed by atoms with Crippen molar-refractivity contribution >= 4 is 17.7 Å². The predicted molar refractivity (Wildman–Crippen MR) is 97.1 cm³/mol. The van der Waals surface area contributed by atoms with Crippen LogP contribution in [0, 0.1) is 0 Å². The molecule has 0 fully saturated rings. The fourth-order valence-corrected chi connectivity index (χ4v) is 2.76. The molecule has 1 N–H and O–H groups in total. The topological polar surface area (TPSA) is 66.0 Å². The monoisotopic (exact) mass is 353 g/mol. The van der Waals surface area contributed by atoms with Gasteiger partial charge in [0.25, 0.3) is 0 Å². The fraction of sp³-hybridized carbons (Fsp3) is 0.250. The second-order valence-corrected chi connectivity index (χ2v) is 5.94. The molecule has 2 aromatic carbocycles. The highest BCUT2D eigenvalue weighted by Crippen LogP contribution is 2.33. The van der Waals surface area contributed by atoms with E-state index in [0.29, 0.717) is 49.4 Å². The third kappa shape index (κ3) is 3.74. The van der Waals surface area contributed by atoms with Gasteiger partial charge in [0.2, 0.25) is 5.91 Å². The second-order valence-electron chi connectivity index (χ2n) is 5.94. The smallest absolute Gasteiger partial charge is 0.248 e. The van der Waals surface area contributed by atoms with Crippen molar-refractivity contribution in [2.45, 2.75) is 6.42 Å². The summed E-state index contributed by atoms with van der Waals surface area (Å²) in [5.41, 5.74) is 1.52. The van der Waals surface area contributed by atoms with Crippen LogP contribution in [0.1, 0.15) is 12.0 Å². The molecule has 0 unspecified atom stereocenters. The number of carbonyl (C=O) groups is 1. The molecule has 6 nitrogen and oxygen atoms in total. The minimum Gasteiger partial charge on any atom is -0.490 e. The Bertz CT molecular complexity index is 846. The molecule has 2 aliphatic heterocycles. The van der Waals surface area contributed by atoms with Gasteiger partial charge in [0.1, 0.15) is 13.2 Å². The Kier molecular flexibility index (Phi) is 4.64. The minimum atomic E-state index is -0.227. The molecular formula is C20H19NO5. The second kappa shape index (κ2) is 7.39. The first-order valence-electron chi connectivity index (χ1n) is 8.56. The van der Waals surface area contributed by atoms with E-state index in [4.69, 9.17) is 18.9 Å². The molecule has 0 atom stereocenters. The maximum absolute atomic E-state index is 12.2. The zero-order valence-corrected chi connectivity index (χ0v) is 14.2. The number of carbonyl (C=O) groups excluding carboxylic acids is 1. The normalized spacial score (nSPS) is 15.4. The van der Waals surface area contributed by atoms with Crippen LogP contribution in [-0.4, -0.2) is 32.3 Å². The molecule has 0 radical (unpaired) electrons. The first-order valence-corrected chi connectivity index (χ1v) is 8.56. The van der Waals surface area contributed by atoms with Crippen LogP contribution in [0.3, 0.4) is 0 Å². The number of fused-ring (bicyclic) bond motifs is 2. The first-order chi connectivity index (χ1) is 12.8. The lowest BCUT2D eigenvalue weighted by Crippen LogP contribution is -2.15. The Hall–Kier alpha value is -3.15. The lowest BCUT2D eigenvalue weighted by atomic mass is 10.2. The van der Waals surface area contributed by atoms with Gasteiger partial charge in [-0.15, -0.1) is 0 Å². The number of hydrogen-bond donors (Lipinski definition) is 1. The van der Waals surface area contributed by atoms with Crippen molar-refractivity contribution in [2.75, 3.05) is 31.7 Å². The van der Waals surface area contributed by atoms with Gasteiger partial charge in [-0.2, -0.15) is 0 Å². The molecule has 0 bridgehead atoms. The van der Waals surface area contributed by atoms with Gasteiger partial charge < -0.3 is 24.3 Å². The molecule has 0 spiro atoms. The lowest BCUT2D eigenvalue weighted by molar-refractivity contribution is -0.111. The Morgan fingerprint density at radius 2 is 1.46 bits per heavy atom. The maximum atomic E-state index is 12.2. The molecule has 134 valence electrons. The number of nitrogens with one attached hydrogen (secondary N) is 1. The van der Waals surface area contributed by atoms with Crippen molar-refractivity contribution in [3.05, 3.63) is 48.0 Å². The van der Waals surface area contributed by atoms with Crippen molar-refractivity contribution in [3.63, 3.8) is 0 Å². The Morgan fingerprint density at radius 3 is 2.31 bits per heavy atom. The summed E-state index contributed by atoms with van der Waals surface area (Å²) in [6.45, 7) is 2.33. The molecule has 0 aliphatic carbocycles. The molecule has 4 rings (SSSR count). The van der Waals surface area contributed by atoms with Crippen molar-refractivity contribution in [3.8, 4) is 23.0 Å². The molecule has 2 aliphatic rings. The highest BCUT2D eigenvalue weighted by molar-refractivity contribution is 6.02. The summed E-state index contributed by atoms with van der Waals surface area (Å²) in [6, 6.07) is 11.0. The van der Waals surface area contributed by atoms with Gasteiger partial charge in [0, 0.05) is 24.3 Å². The van der Waals surface area contributed by atoms with Crippen molar-refractivity contribution < 1.29 is 23.7 Å². The van der Waals surface area contributed by atoms with Gasteiger partial charge in [-0.3, -0.25) is 4.79 Å². The summed E-state index contributed by atoms with van der Waals surface area (Å²) in [7, 11) is 0. The summed E-state index contributed by atoms with van der Waals surface area (Å²) >= 11 is 0. The number of ether oxygens (including phenoxy) is 4. The third-order valence-corrected chi connectivity index (χ3v) is 4.01. The van der Waals surface area contributed by atoms with Gasteiger partial charge >= 0.3 is 0 Å². The van der Waals surface area contributed by atoms with Gasteiger partial charge in [0.05, 0.1) is 13.2 Å². The number of anilines is 1. The summed E-state index contributed by atoms with van der Waals surface area (Å²) in [5.74, 6) is 2.55. The van der Waals surface area contributed by atoms with Crippen LogP contribution in [0.4, 0.5) is 5.69 Å². The van der Waals surface area contributed by atoms with Crippen LogP contribution < -0.4 is 24.3 Å². The molecule has 1 amide bonds. The molecule has 2 aromatic rings. The van der Waals surface area contributed by atoms with E-state index < -0.39 is 0 Å². The Morgan fingerprint density at radius 1 is 0.808 bits per heavy atom. The maximum Gasteiger partial charge on any atom is 0.248 e. The summed E-state index contributed by atoms with van der Waals surface area (Å²) in [6.07, 6.45) is 4.06. The quantitative estimate of drug-likeness (QED) is 0.858. The highest BCUT2D eigenvalue weighted by atomic mass is 16.6. The van der Waals surface area contributed by atoms with E-state index in [9.17, 15) is 4.79 Å². The van der Waals surface area contributed by atoms with E-state index >= 15 is 0 Å². The van der Waals surface area contributed by atoms with Crippen molar-refractivity contribution in [1.29, 1.82) is 0 Å². The van der Waals surface area contributed by atoms with Crippen molar-refractivity contribution in [1.82, 2.24) is 0 Å². The van der Waals surface area contributed by atoms with Gasteiger partial charge in [0.15, 0.2) is 23.0 Å². The average Bonchev–Trinajstić information content (AvgIpc) is 2.91. The first kappa shape index (κ1) is 16.3. The summed E-state index contributed by atoms with van der Waals surface area (Å²) < 4.78 is 22.2. The van der Waals surface area contributed by atoms with Crippen LogP contribution in [0.2, 0.25) is 0 Å². The summed E-state index contributed by atoms with van der Waals surface area (Å²) in [4.78, 5) is 12.2. The number of benzene rings is 2. The molecular weight excluding hydrogens is 334 g/mol. The fourth-order valence-electron chi connectivity index (χ4n) is 2.76. The standard InChI is InChI=1S/C20H19NO5/c22-20(7-3-14-2-5-16-18(12-14)26-11-10-25-16)21-15-4-6-17-19(13-15)24-9-1-8-23-17/h2-7,12-13H,1,8-11H2,(H,21,22). The number of rotatable bonds is 3. The lowest BCUT2D eigenvalue weighted by Gasteiger charge is -2.18. The third-order valence-electron chi connectivity index (χ3n) is 4.01. The SMILES string of the molecule is O=C(C=Cc1ccc2c(c1)OCCO2)Nc1ccc2c(c1)OCCCO2. The minimum absolute atomic E-state index is 0.227. The number of hydrogen-bond acceptors (Lipinski definition) is 5. The molecule has 0 aromatic heterocycles. The molecule has 0 saturated carbocycles. The van der Waals surface area contributed by atoms with E-state index in [1.54, 1.807) is 24.3 Å². The van der Waals surface area contributed by atoms with E-state index in [1.165, 1.54) is 6.08 Å². The molecule has 6 heteroatoms. The molecule has 26 heavy (non-hydrogen) atoms. The van der Waals surface area contributed by atoms with E-state index in [-0.39, 0.29) is 5.91 Å². The number of amides is 1. The van der Waals surface area contributed by atoms with Crippen molar-refractivity contribution in [2.24, 2.45) is 0 Å². The van der Waals surface area contributed by atoms with E-state index in [2.05, 4.69) is 5.32 Å². The Balaban J connectivity index is 1.42.